The average molecular weight is 611 g/mol. The highest BCUT2D eigenvalue weighted by Crippen LogP contribution is 2.49. The number of aromatic nitrogens is 2. The molecule has 0 unspecified atom stereocenters. The molecule has 1 spiro atoms. The number of benzene rings is 2. The van der Waals surface area contributed by atoms with Crippen molar-refractivity contribution in [2.24, 2.45) is 5.41 Å². The van der Waals surface area contributed by atoms with Crippen LogP contribution in [-0.2, 0) is 12.7 Å². The number of anilines is 2. The van der Waals surface area contributed by atoms with E-state index in [1.807, 2.05) is 0 Å². The Morgan fingerprint density at radius 3 is 2.55 bits per heavy atom. The van der Waals surface area contributed by atoms with Crippen LogP contribution in [0.4, 0.5) is 24.8 Å². The Morgan fingerprint density at radius 1 is 1.09 bits per heavy atom. The fourth-order valence-corrected chi connectivity index (χ4v) is 6.27. The van der Waals surface area contributed by atoms with Gasteiger partial charge in [-0.05, 0) is 81.1 Å². The van der Waals surface area contributed by atoms with Crippen molar-refractivity contribution in [1.29, 1.82) is 0 Å². The molecule has 2 amide bonds. The van der Waals surface area contributed by atoms with Gasteiger partial charge >= 0.3 is 6.18 Å². The molecule has 13 heteroatoms. The molecule has 2 aliphatic heterocycles. The second-order valence-electron chi connectivity index (χ2n) is 11.9. The molecule has 1 saturated heterocycles. The number of hydrogen-bond donors (Lipinski definition) is 2. The Hall–Kier alpha value is -4.39. The quantitative estimate of drug-likeness (QED) is 0.375. The maximum absolute atomic E-state index is 13.9. The minimum atomic E-state index is -4.81. The lowest BCUT2D eigenvalue weighted by Crippen LogP contribution is -2.54. The van der Waals surface area contributed by atoms with Gasteiger partial charge in [-0.2, -0.15) is 18.2 Å². The number of methoxy groups -OCH3 is 1. The molecular weight excluding hydrogens is 577 g/mol. The van der Waals surface area contributed by atoms with Gasteiger partial charge in [-0.25, -0.2) is 4.98 Å². The van der Waals surface area contributed by atoms with Crippen LogP contribution < -0.4 is 20.1 Å². The van der Waals surface area contributed by atoms with Crippen LogP contribution in [0.2, 0.25) is 0 Å². The second-order valence-corrected chi connectivity index (χ2v) is 11.9. The van der Waals surface area contributed by atoms with Crippen LogP contribution >= 0.6 is 0 Å². The summed E-state index contributed by atoms with van der Waals surface area (Å²) in [5.41, 5.74) is 0.685. The number of amides is 2. The number of carbonyl (C=O) groups excluding carboxylic acids is 2. The summed E-state index contributed by atoms with van der Waals surface area (Å²) < 4.78 is 52.8. The van der Waals surface area contributed by atoms with Crippen LogP contribution in [0.25, 0.3) is 0 Å². The van der Waals surface area contributed by atoms with Gasteiger partial charge in [-0.15, -0.1) is 0 Å². The smallest absolute Gasteiger partial charge is 0.423 e. The molecular formula is C31H33F3N6O4. The molecule has 0 atom stereocenters. The molecule has 2 fully saturated rings. The Kier molecular flexibility index (Phi) is 7.60. The topological polar surface area (TPSA) is 109 Å². The fraction of sp³-hybridized carbons (Fsp3) is 0.419. The van der Waals surface area contributed by atoms with Crippen molar-refractivity contribution in [3.63, 3.8) is 0 Å². The number of rotatable bonds is 7. The van der Waals surface area contributed by atoms with Crippen LogP contribution in [0, 0.1) is 5.41 Å². The molecule has 0 bridgehead atoms. The first-order chi connectivity index (χ1) is 20.9. The number of likely N-dealkylation sites (tertiary alicyclic amines) is 1. The van der Waals surface area contributed by atoms with Gasteiger partial charge in [0.15, 0.2) is 0 Å². The molecule has 6 rings (SSSR count). The molecule has 1 aromatic heterocycles. The van der Waals surface area contributed by atoms with E-state index in [2.05, 4.69) is 32.5 Å². The average Bonchev–Trinajstić information content (AvgIpc) is 3.26. The van der Waals surface area contributed by atoms with Gasteiger partial charge in [0, 0.05) is 31.4 Å². The molecule has 0 radical (unpaired) electrons. The molecule has 232 valence electrons. The van der Waals surface area contributed by atoms with Crippen molar-refractivity contribution >= 4 is 23.5 Å². The molecule has 44 heavy (non-hydrogen) atoms. The number of fused-ring (bicyclic) bond motifs is 1. The summed E-state index contributed by atoms with van der Waals surface area (Å²) in [7, 11) is 5.15. The lowest BCUT2D eigenvalue weighted by atomic mass is 9.60. The van der Waals surface area contributed by atoms with Crippen molar-refractivity contribution in [3.8, 4) is 17.4 Å². The predicted molar refractivity (Wildman–Crippen MR) is 155 cm³/mol. The monoisotopic (exact) mass is 610 g/mol. The number of carbonyl (C=O) groups is 2. The van der Waals surface area contributed by atoms with E-state index in [4.69, 9.17) is 9.47 Å². The first-order valence-electron chi connectivity index (χ1n) is 14.4. The highest BCUT2D eigenvalue weighted by molar-refractivity contribution is 6.01. The predicted octanol–water partition coefficient (Wildman–Crippen LogP) is 5.23. The van der Waals surface area contributed by atoms with E-state index in [0.29, 0.717) is 35.0 Å². The molecule has 3 aromatic rings. The molecule has 2 N–H and O–H groups in total. The SMILES string of the molecule is COc1cc(C(=O)NC2CC3(CCN(C)CC3)C2)ccc1Nc1ncc(C(F)(F)F)c(Oc2cccc3c2C(=O)N(C)C3)n1. The molecule has 2 aromatic carbocycles. The summed E-state index contributed by atoms with van der Waals surface area (Å²) in [6.45, 7) is 2.48. The number of ether oxygens (including phenoxy) is 2. The number of hydrogen-bond acceptors (Lipinski definition) is 8. The van der Waals surface area contributed by atoms with Gasteiger partial charge in [0.05, 0.1) is 18.4 Å². The van der Waals surface area contributed by atoms with Crippen LogP contribution in [0.15, 0.2) is 42.6 Å². The number of piperidine rings is 1. The summed E-state index contributed by atoms with van der Waals surface area (Å²) >= 11 is 0. The van der Waals surface area contributed by atoms with Crippen molar-refractivity contribution in [2.45, 2.75) is 44.4 Å². The minimum Gasteiger partial charge on any atom is -0.495 e. The largest absolute Gasteiger partial charge is 0.495 e. The fourth-order valence-electron chi connectivity index (χ4n) is 6.27. The van der Waals surface area contributed by atoms with Gasteiger partial charge in [0.1, 0.15) is 17.1 Å². The maximum Gasteiger partial charge on any atom is 0.423 e. The van der Waals surface area contributed by atoms with Gasteiger partial charge in [0.2, 0.25) is 11.8 Å². The molecule has 10 nitrogen and oxygen atoms in total. The summed E-state index contributed by atoms with van der Waals surface area (Å²) in [6, 6.07) is 9.60. The van der Waals surface area contributed by atoms with Crippen LogP contribution in [0.1, 0.15) is 57.5 Å². The maximum atomic E-state index is 13.9. The highest BCUT2D eigenvalue weighted by Gasteiger charge is 2.46. The first-order valence-corrected chi connectivity index (χ1v) is 14.4. The molecule has 1 aliphatic carbocycles. The highest BCUT2D eigenvalue weighted by atomic mass is 19.4. The van der Waals surface area contributed by atoms with Gasteiger partial charge in [-0.3, -0.25) is 9.59 Å². The van der Waals surface area contributed by atoms with Gasteiger partial charge < -0.3 is 29.9 Å². The van der Waals surface area contributed by atoms with E-state index in [9.17, 15) is 22.8 Å². The Labute approximate surface area is 252 Å². The third-order valence-corrected chi connectivity index (χ3v) is 8.80. The normalized spacial score (nSPS) is 18.1. The zero-order valence-corrected chi connectivity index (χ0v) is 24.6. The third-order valence-electron chi connectivity index (χ3n) is 8.80. The van der Waals surface area contributed by atoms with Crippen molar-refractivity contribution in [2.75, 3.05) is 39.6 Å². The first kappa shape index (κ1) is 29.7. The Balaban J connectivity index is 1.19. The summed E-state index contributed by atoms with van der Waals surface area (Å²) in [4.78, 5) is 37.3. The zero-order valence-electron chi connectivity index (χ0n) is 24.6. The van der Waals surface area contributed by atoms with E-state index < -0.39 is 17.6 Å². The second kappa shape index (κ2) is 11.3. The lowest BCUT2D eigenvalue weighted by molar-refractivity contribution is -0.139. The zero-order chi connectivity index (χ0) is 31.2. The molecule has 3 heterocycles. The van der Waals surface area contributed by atoms with E-state index in [0.717, 1.165) is 38.8 Å². The van der Waals surface area contributed by atoms with E-state index in [1.165, 1.54) is 18.1 Å². The van der Waals surface area contributed by atoms with Crippen LogP contribution in [0.3, 0.4) is 0 Å². The van der Waals surface area contributed by atoms with Crippen LogP contribution in [0.5, 0.6) is 17.4 Å². The third kappa shape index (κ3) is 5.75. The molecule has 3 aliphatic rings. The van der Waals surface area contributed by atoms with Crippen molar-refractivity contribution < 1.29 is 32.2 Å². The van der Waals surface area contributed by atoms with E-state index in [-0.39, 0.29) is 40.9 Å². The summed E-state index contributed by atoms with van der Waals surface area (Å²) in [5.74, 6) is -1.29. The van der Waals surface area contributed by atoms with Crippen LogP contribution in [-0.4, -0.2) is 71.9 Å². The van der Waals surface area contributed by atoms with Gasteiger partial charge in [0.25, 0.3) is 11.8 Å². The number of alkyl halides is 3. The van der Waals surface area contributed by atoms with Gasteiger partial charge in [-0.1, -0.05) is 12.1 Å². The van der Waals surface area contributed by atoms with E-state index >= 15 is 0 Å². The molecule has 1 saturated carbocycles. The van der Waals surface area contributed by atoms with Crippen molar-refractivity contribution in [3.05, 3.63) is 64.8 Å². The standard InChI is InChI=1S/C31H33F3N6O4/c1-39-11-9-30(10-12-39)14-20(15-30)36-26(41)18-7-8-22(24(13-18)43-3)37-29-35-16-21(31(32,33)34)27(38-29)44-23-6-4-5-19-17-40(2)28(42)25(19)23/h4-8,13,16,20H,9-12,14-15,17H2,1-3H3,(H,36,41)(H,35,37,38). The van der Waals surface area contributed by atoms with E-state index in [1.54, 1.807) is 37.4 Å². The summed E-state index contributed by atoms with van der Waals surface area (Å²) in [5, 5.41) is 5.97. The lowest BCUT2D eigenvalue weighted by Gasteiger charge is -2.52. The minimum absolute atomic E-state index is 0.0341. The summed E-state index contributed by atoms with van der Waals surface area (Å²) in [6.07, 6.45) is 0.0293. The number of nitrogens with one attached hydrogen (secondary N) is 2. The van der Waals surface area contributed by atoms with Crippen molar-refractivity contribution in [1.82, 2.24) is 25.1 Å². The Bertz CT molecular complexity index is 1600. The number of halogens is 3. The number of nitrogens with zero attached hydrogens (tertiary/aromatic N) is 4. The Morgan fingerprint density at radius 2 is 1.84 bits per heavy atom.